The van der Waals surface area contributed by atoms with Crippen LogP contribution in [0.4, 0.5) is 17.6 Å². The summed E-state index contributed by atoms with van der Waals surface area (Å²) in [7, 11) is 1.11. The number of nitrogens with zero attached hydrogens (tertiary/aromatic N) is 1. The highest BCUT2D eigenvalue weighted by atomic mass is 35.5. The Kier molecular flexibility index (Phi) is 7.86. The van der Waals surface area contributed by atoms with Crippen LogP contribution in [0.25, 0.3) is 0 Å². The van der Waals surface area contributed by atoms with E-state index in [1.165, 1.54) is 51.1 Å². The number of benzene rings is 3. The van der Waals surface area contributed by atoms with Crippen LogP contribution in [0.3, 0.4) is 0 Å². The van der Waals surface area contributed by atoms with Crippen LogP contribution in [0.2, 0.25) is 5.02 Å². The molecule has 0 spiro atoms. The van der Waals surface area contributed by atoms with Gasteiger partial charge < -0.3 is 14.6 Å². The molecule has 3 rings (SSSR count). The number of methoxy groups -OCH3 is 1. The number of aliphatic hydroxyl groups is 1. The molecule has 0 bridgehead atoms. The summed E-state index contributed by atoms with van der Waals surface area (Å²) in [6, 6.07) is 11.5. The van der Waals surface area contributed by atoms with Gasteiger partial charge >= 0.3 is 12.1 Å². The van der Waals surface area contributed by atoms with Crippen molar-refractivity contribution in [2.45, 2.75) is 38.5 Å². The van der Waals surface area contributed by atoms with E-state index >= 15 is 0 Å². The lowest BCUT2D eigenvalue weighted by molar-refractivity contribution is -0.274. The first-order valence-electron chi connectivity index (χ1n) is 10.9. The third-order valence-corrected chi connectivity index (χ3v) is 6.49. The van der Waals surface area contributed by atoms with Crippen molar-refractivity contribution in [3.05, 3.63) is 92.8 Å². The molecular weight excluding hydrogens is 514 g/mol. The number of nitriles is 1. The molecule has 0 saturated heterocycles. The fourth-order valence-corrected chi connectivity index (χ4v) is 4.47. The first kappa shape index (κ1) is 28.0. The minimum atomic E-state index is -5.09. The van der Waals surface area contributed by atoms with E-state index in [1.807, 2.05) is 6.07 Å². The summed E-state index contributed by atoms with van der Waals surface area (Å²) in [5.74, 6) is -3.21. The highest BCUT2D eigenvalue weighted by Gasteiger charge is 2.59. The van der Waals surface area contributed by atoms with Crippen LogP contribution in [0.15, 0.2) is 48.5 Å². The second-order valence-corrected chi connectivity index (χ2v) is 8.91. The molecule has 0 aromatic heterocycles. The SMILES string of the molecule is COC(=O)c1ccc(Oc2ccc(C(C)C(O)(c3cc(C)c(C#N)c(C)c3)C(F)(F)F)c(Cl)c2)cc1F. The average Bonchev–Trinajstić information content (AvgIpc) is 2.82. The van der Waals surface area contributed by atoms with E-state index in [-0.39, 0.29) is 33.2 Å². The van der Waals surface area contributed by atoms with Gasteiger partial charge in [-0.15, -0.1) is 0 Å². The average molecular weight is 536 g/mol. The summed E-state index contributed by atoms with van der Waals surface area (Å²) in [5.41, 5.74) is -3.22. The van der Waals surface area contributed by atoms with Gasteiger partial charge in [-0.1, -0.05) is 36.7 Å². The number of esters is 1. The van der Waals surface area contributed by atoms with Crippen LogP contribution in [-0.4, -0.2) is 24.4 Å². The summed E-state index contributed by atoms with van der Waals surface area (Å²) in [6.07, 6.45) is -5.09. The predicted octanol–water partition coefficient (Wildman–Crippen LogP) is 7.10. The highest BCUT2D eigenvalue weighted by molar-refractivity contribution is 6.31. The van der Waals surface area contributed by atoms with Crippen LogP contribution in [0, 0.1) is 31.0 Å². The van der Waals surface area contributed by atoms with E-state index in [9.17, 15) is 32.7 Å². The zero-order valence-electron chi connectivity index (χ0n) is 20.2. The van der Waals surface area contributed by atoms with Gasteiger partial charge in [0.15, 0.2) is 5.60 Å². The van der Waals surface area contributed by atoms with Crippen LogP contribution in [-0.2, 0) is 10.3 Å². The van der Waals surface area contributed by atoms with Gasteiger partial charge in [0.25, 0.3) is 0 Å². The summed E-state index contributed by atoms with van der Waals surface area (Å²) < 4.78 is 67.3. The van der Waals surface area contributed by atoms with Crippen LogP contribution < -0.4 is 4.74 Å². The summed E-state index contributed by atoms with van der Waals surface area (Å²) in [6.45, 7) is 4.19. The Morgan fingerprint density at radius 2 is 1.62 bits per heavy atom. The maximum absolute atomic E-state index is 14.4. The predicted molar refractivity (Wildman–Crippen MR) is 128 cm³/mol. The molecule has 3 aromatic carbocycles. The van der Waals surface area contributed by atoms with E-state index in [0.717, 1.165) is 25.3 Å². The van der Waals surface area contributed by atoms with Gasteiger partial charge in [0.05, 0.1) is 24.3 Å². The van der Waals surface area contributed by atoms with Gasteiger partial charge in [-0.25, -0.2) is 9.18 Å². The number of hydrogen-bond donors (Lipinski definition) is 1. The molecule has 5 nitrogen and oxygen atoms in total. The zero-order valence-corrected chi connectivity index (χ0v) is 21.0. The molecule has 0 fully saturated rings. The zero-order chi connectivity index (χ0) is 27.7. The maximum Gasteiger partial charge on any atom is 0.422 e. The summed E-state index contributed by atoms with van der Waals surface area (Å²) >= 11 is 6.32. The minimum Gasteiger partial charge on any atom is -0.465 e. The number of carbonyl (C=O) groups excluding carboxylic acids is 1. The number of halogens is 5. The molecule has 0 aliphatic heterocycles. The monoisotopic (exact) mass is 535 g/mol. The Morgan fingerprint density at radius 3 is 2.11 bits per heavy atom. The smallest absolute Gasteiger partial charge is 0.422 e. The van der Waals surface area contributed by atoms with Crippen molar-refractivity contribution in [3.8, 4) is 17.6 Å². The number of alkyl halides is 3. The van der Waals surface area contributed by atoms with Gasteiger partial charge in [0.1, 0.15) is 17.3 Å². The van der Waals surface area contributed by atoms with Crippen molar-refractivity contribution in [3.63, 3.8) is 0 Å². The first-order chi connectivity index (χ1) is 17.2. The van der Waals surface area contributed by atoms with Crippen molar-refractivity contribution >= 4 is 17.6 Å². The van der Waals surface area contributed by atoms with Gasteiger partial charge in [0.2, 0.25) is 0 Å². The van der Waals surface area contributed by atoms with Crippen LogP contribution in [0.1, 0.15) is 51.0 Å². The van der Waals surface area contributed by atoms with Gasteiger partial charge in [-0.05, 0) is 60.4 Å². The molecule has 1 N–H and O–H groups in total. The van der Waals surface area contributed by atoms with Crippen LogP contribution in [0.5, 0.6) is 11.5 Å². The number of rotatable bonds is 6. The first-order valence-corrected chi connectivity index (χ1v) is 11.3. The molecule has 194 valence electrons. The number of hydrogen-bond acceptors (Lipinski definition) is 5. The van der Waals surface area contributed by atoms with Crippen molar-refractivity contribution in [2.24, 2.45) is 0 Å². The summed E-state index contributed by atoms with van der Waals surface area (Å²) in [4.78, 5) is 11.5. The largest absolute Gasteiger partial charge is 0.465 e. The van der Waals surface area contributed by atoms with Crippen molar-refractivity contribution in [1.82, 2.24) is 0 Å². The van der Waals surface area contributed by atoms with Crippen LogP contribution >= 0.6 is 11.6 Å². The molecular formula is C27H22ClF4NO4. The van der Waals surface area contributed by atoms with Crippen molar-refractivity contribution in [2.75, 3.05) is 7.11 Å². The molecule has 0 saturated carbocycles. The second kappa shape index (κ2) is 10.4. The highest BCUT2D eigenvalue weighted by Crippen LogP contribution is 2.50. The molecule has 3 aromatic rings. The quantitative estimate of drug-likeness (QED) is 0.269. The Labute approximate surface area is 215 Å². The lowest BCUT2D eigenvalue weighted by Crippen LogP contribution is -2.46. The van der Waals surface area contributed by atoms with E-state index in [0.29, 0.717) is 11.1 Å². The molecule has 0 aliphatic rings. The number of ether oxygens (including phenoxy) is 2. The van der Waals surface area contributed by atoms with E-state index in [4.69, 9.17) is 16.3 Å². The Morgan fingerprint density at radius 1 is 1.05 bits per heavy atom. The number of carbonyl (C=O) groups is 1. The molecule has 2 unspecified atom stereocenters. The molecule has 0 heterocycles. The molecule has 0 amide bonds. The normalized spacial score (nSPS) is 13.9. The lowest BCUT2D eigenvalue weighted by Gasteiger charge is -2.37. The molecule has 10 heteroatoms. The molecule has 37 heavy (non-hydrogen) atoms. The minimum absolute atomic E-state index is 0.0114. The second-order valence-electron chi connectivity index (χ2n) is 8.50. The van der Waals surface area contributed by atoms with E-state index in [2.05, 4.69) is 4.74 Å². The molecule has 0 radical (unpaired) electrons. The van der Waals surface area contributed by atoms with E-state index < -0.39 is 35.0 Å². The lowest BCUT2D eigenvalue weighted by atomic mass is 9.76. The van der Waals surface area contributed by atoms with Crippen molar-refractivity contribution in [1.29, 1.82) is 5.26 Å². The Balaban J connectivity index is 1.99. The molecule has 0 aliphatic carbocycles. The number of aryl methyl sites for hydroxylation is 2. The Hall–Kier alpha value is -3.61. The summed E-state index contributed by atoms with van der Waals surface area (Å²) in [5, 5.41) is 20.3. The Bertz CT molecular complexity index is 1380. The topological polar surface area (TPSA) is 79.6 Å². The third-order valence-electron chi connectivity index (χ3n) is 6.16. The van der Waals surface area contributed by atoms with Gasteiger partial charge in [-0.2, -0.15) is 18.4 Å². The fraction of sp³-hybridized carbons (Fsp3) is 0.259. The standard InChI is InChI=1S/C27H22ClF4NO4/c1-14-9-17(10-15(2)22(14)13-33)26(35,27(30,31)32)16(3)20-7-5-18(11-23(20)28)37-19-6-8-21(24(29)12-19)25(34)36-4/h5-12,16,35H,1-4H3. The third kappa shape index (κ3) is 5.26. The van der Waals surface area contributed by atoms with E-state index in [1.54, 1.807) is 0 Å². The van der Waals surface area contributed by atoms with Gasteiger partial charge in [0, 0.05) is 17.0 Å². The maximum atomic E-state index is 14.4. The fourth-order valence-electron chi connectivity index (χ4n) is 4.14. The molecule has 2 atom stereocenters. The van der Waals surface area contributed by atoms with Gasteiger partial charge in [-0.3, -0.25) is 0 Å². The van der Waals surface area contributed by atoms with Crippen molar-refractivity contribution < 1.29 is 36.9 Å².